The van der Waals surface area contributed by atoms with Gasteiger partial charge in [-0.05, 0) is 35.4 Å². The zero-order valence-corrected chi connectivity index (χ0v) is 12.6. The summed E-state index contributed by atoms with van der Waals surface area (Å²) in [4.78, 5) is 0. The summed E-state index contributed by atoms with van der Waals surface area (Å²) in [6.07, 6.45) is 0.893. The van der Waals surface area contributed by atoms with Crippen LogP contribution in [0.25, 0.3) is 0 Å². The number of alkyl halides is 1. The lowest BCUT2D eigenvalue weighted by atomic mass is 10.0. The molecule has 0 N–H and O–H groups in total. The summed E-state index contributed by atoms with van der Waals surface area (Å²) in [5, 5.41) is -0.253. The van der Waals surface area contributed by atoms with E-state index < -0.39 is 0 Å². The highest BCUT2D eigenvalue weighted by molar-refractivity contribution is 6.22. The molecule has 1 atom stereocenters. The average molecular weight is 305 g/mol. The van der Waals surface area contributed by atoms with Gasteiger partial charge in [0.2, 0.25) is 0 Å². The van der Waals surface area contributed by atoms with E-state index in [4.69, 9.17) is 25.8 Å². The summed E-state index contributed by atoms with van der Waals surface area (Å²) in [7, 11) is 1.65. The van der Waals surface area contributed by atoms with Gasteiger partial charge in [-0.15, -0.1) is 11.6 Å². The summed E-state index contributed by atoms with van der Waals surface area (Å²) in [6, 6.07) is 13.6. The number of hydrogen-bond donors (Lipinski definition) is 0. The molecule has 1 unspecified atom stereocenters. The van der Waals surface area contributed by atoms with Crippen molar-refractivity contribution in [2.75, 3.05) is 20.3 Å². The molecular weight excluding hydrogens is 288 g/mol. The van der Waals surface area contributed by atoms with E-state index in [0.29, 0.717) is 13.2 Å². The average Bonchev–Trinajstić information content (AvgIpc) is 2.78. The normalized spacial score (nSPS) is 15.1. The lowest BCUT2D eigenvalue weighted by Crippen LogP contribution is -1.98. The Labute approximate surface area is 129 Å². The Kier molecular flexibility index (Phi) is 4.20. The summed E-state index contributed by atoms with van der Waals surface area (Å²) in [5.41, 5.74) is 1.97. The molecule has 0 spiro atoms. The van der Waals surface area contributed by atoms with Crippen LogP contribution in [0, 0.1) is 0 Å². The van der Waals surface area contributed by atoms with Crippen LogP contribution in [0.4, 0.5) is 0 Å². The maximum Gasteiger partial charge on any atom is 0.161 e. The van der Waals surface area contributed by atoms with Crippen molar-refractivity contribution >= 4 is 11.6 Å². The molecule has 0 aromatic heterocycles. The van der Waals surface area contributed by atoms with Gasteiger partial charge < -0.3 is 14.2 Å². The van der Waals surface area contributed by atoms with Crippen LogP contribution in [0.2, 0.25) is 0 Å². The smallest absolute Gasteiger partial charge is 0.161 e. The van der Waals surface area contributed by atoms with Gasteiger partial charge in [0.15, 0.2) is 11.5 Å². The van der Waals surface area contributed by atoms with Crippen LogP contribution in [-0.2, 0) is 0 Å². The van der Waals surface area contributed by atoms with Crippen molar-refractivity contribution in [3.05, 3.63) is 53.6 Å². The van der Waals surface area contributed by atoms with Crippen LogP contribution in [0.5, 0.6) is 17.2 Å². The third-order valence-electron chi connectivity index (χ3n) is 3.45. The summed E-state index contributed by atoms with van der Waals surface area (Å²) in [5.74, 6) is 2.34. The second-order valence-corrected chi connectivity index (χ2v) is 5.33. The Morgan fingerprint density at radius 1 is 1.00 bits per heavy atom. The molecule has 0 aliphatic carbocycles. The summed E-state index contributed by atoms with van der Waals surface area (Å²) < 4.78 is 16.6. The van der Waals surface area contributed by atoms with Crippen molar-refractivity contribution in [2.24, 2.45) is 0 Å². The molecule has 1 heterocycles. The highest BCUT2D eigenvalue weighted by atomic mass is 35.5. The lowest BCUT2D eigenvalue weighted by Gasteiger charge is -2.14. The van der Waals surface area contributed by atoms with Crippen molar-refractivity contribution in [1.29, 1.82) is 0 Å². The maximum absolute atomic E-state index is 6.59. The minimum absolute atomic E-state index is 0.253. The van der Waals surface area contributed by atoms with Gasteiger partial charge in [0, 0.05) is 6.42 Å². The van der Waals surface area contributed by atoms with Crippen LogP contribution in [0.1, 0.15) is 22.9 Å². The third kappa shape index (κ3) is 3.08. The molecular formula is C17H17ClO3. The Morgan fingerprint density at radius 2 is 1.76 bits per heavy atom. The minimum atomic E-state index is -0.253. The monoisotopic (exact) mass is 304 g/mol. The first-order chi connectivity index (χ1) is 10.3. The molecule has 2 aromatic carbocycles. The molecule has 1 aliphatic rings. The maximum atomic E-state index is 6.59. The van der Waals surface area contributed by atoms with E-state index in [9.17, 15) is 0 Å². The van der Waals surface area contributed by atoms with Crippen molar-refractivity contribution in [3.63, 3.8) is 0 Å². The third-order valence-corrected chi connectivity index (χ3v) is 3.95. The Bertz CT molecular complexity index is 627. The van der Waals surface area contributed by atoms with Gasteiger partial charge in [0.25, 0.3) is 0 Å². The first-order valence-electron chi connectivity index (χ1n) is 6.95. The molecule has 0 saturated carbocycles. The topological polar surface area (TPSA) is 27.7 Å². The second kappa shape index (κ2) is 6.27. The van der Waals surface area contributed by atoms with Crippen LogP contribution in [-0.4, -0.2) is 20.3 Å². The molecule has 3 nitrogen and oxygen atoms in total. The molecule has 0 radical (unpaired) electrons. The molecule has 4 heteroatoms. The van der Waals surface area contributed by atoms with Crippen LogP contribution < -0.4 is 14.2 Å². The molecule has 21 heavy (non-hydrogen) atoms. The standard InChI is InChI=1S/C17H17ClO3/c1-19-14-5-2-4-12(10-14)17(18)13-6-7-15-16(11-13)21-9-3-8-20-15/h2,4-7,10-11,17H,3,8-9H2,1H3. The van der Waals surface area contributed by atoms with E-state index in [-0.39, 0.29) is 5.38 Å². The van der Waals surface area contributed by atoms with E-state index in [1.54, 1.807) is 7.11 Å². The molecule has 0 amide bonds. The Balaban J connectivity index is 1.90. The molecule has 0 bridgehead atoms. The highest BCUT2D eigenvalue weighted by Crippen LogP contribution is 2.37. The summed E-state index contributed by atoms with van der Waals surface area (Å²) >= 11 is 6.59. The molecule has 0 fully saturated rings. The van der Waals surface area contributed by atoms with Crippen molar-refractivity contribution in [2.45, 2.75) is 11.8 Å². The molecule has 1 aliphatic heterocycles. The first kappa shape index (κ1) is 14.1. The summed E-state index contributed by atoms with van der Waals surface area (Å²) in [6.45, 7) is 1.36. The van der Waals surface area contributed by atoms with Gasteiger partial charge in [0.05, 0.1) is 25.7 Å². The van der Waals surface area contributed by atoms with Crippen LogP contribution in [0.3, 0.4) is 0 Å². The quantitative estimate of drug-likeness (QED) is 0.796. The number of methoxy groups -OCH3 is 1. The highest BCUT2D eigenvalue weighted by Gasteiger charge is 2.16. The predicted molar refractivity (Wildman–Crippen MR) is 82.7 cm³/mol. The number of halogens is 1. The van der Waals surface area contributed by atoms with Gasteiger partial charge in [0.1, 0.15) is 5.75 Å². The van der Waals surface area contributed by atoms with Gasteiger partial charge >= 0.3 is 0 Å². The van der Waals surface area contributed by atoms with Gasteiger partial charge in [-0.1, -0.05) is 18.2 Å². The van der Waals surface area contributed by atoms with E-state index in [2.05, 4.69) is 0 Å². The van der Waals surface area contributed by atoms with Crippen molar-refractivity contribution in [1.82, 2.24) is 0 Å². The Morgan fingerprint density at radius 3 is 2.57 bits per heavy atom. The van der Waals surface area contributed by atoms with Gasteiger partial charge in [-0.3, -0.25) is 0 Å². The molecule has 110 valence electrons. The number of benzene rings is 2. The second-order valence-electron chi connectivity index (χ2n) is 4.90. The zero-order valence-electron chi connectivity index (χ0n) is 11.8. The zero-order chi connectivity index (χ0) is 14.7. The van der Waals surface area contributed by atoms with Gasteiger partial charge in [-0.25, -0.2) is 0 Å². The van der Waals surface area contributed by atoms with Crippen molar-refractivity contribution in [3.8, 4) is 17.2 Å². The molecule has 2 aromatic rings. The number of ether oxygens (including phenoxy) is 3. The van der Waals surface area contributed by atoms with Gasteiger partial charge in [-0.2, -0.15) is 0 Å². The van der Waals surface area contributed by atoms with E-state index in [0.717, 1.165) is 34.8 Å². The van der Waals surface area contributed by atoms with E-state index >= 15 is 0 Å². The fourth-order valence-electron chi connectivity index (χ4n) is 2.33. The lowest BCUT2D eigenvalue weighted by molar-refractivity contribution is 0.297. The largest absolute Gasteiger partial charge is 0.497 e. The SMILES string of the molecule is COc1cccc(C(Cl)c2ccc3c(c2)OCCCO3)c1. The van der Waals surface area contributed by atoms with Crippen LogP contribution in [0.15, 0.2) is 42.5 Å². The van der Waals surface area contributed by atoms with Crippen LogP contribution >= 0.6 is 11.6 Å². The number of rotatable bonds is 3. The predicted octanol–water partition coefficient (Wildman–Crippen LogP) is 4.18. The molecule has 3 rings (SSSR count). The molecule has 0 saturated heterocycles. The minimum Gasteiger partial charge on any atom is -0.497 e. The number of hydrogen-bond acceptors (Lipinski definition) is 3. The number of fused-ring (bicyclic) bond motifs is 1. The fraction of sp³-hybridized carbons (Fsp3) is 0.294. The van der Waals surface area contributed by atoms with Crippen molar-refractivity contribution < 1.29 is 14.2 Å². The Hall–Kier alpha value is -1.87. The fourth-order valence-corrected chi connectivity index (χ4v) is 2.60. The first-order valence-corrected chi connectivity index (χ1v) is 7.39. The van der Waals surface area contributed by atoms with E-state index in [1.165, 1.54) is 0 Å². The van der Waals surface area contributed by atoms with E-state index in [1.807, 2.05) is 42.5 Å².